The molecule has 0 bridgehead atoms. The second kappa shape index (κ2) is 12.8. The highest BCUT2D eigenvalue weighted by molar-refractivity contribution is 5.33. The maximum atomic E-state index is 13.8. The molecular weight excluding hydrogens is 474 g/mol. The molecule has 0 amide bonds. The highest BCUT2D eigenvalue weighted by Crippen LogP contribution is 2.41. The van der Waals surface area contributed by atoms with Gasteiger partial charge in [-0.1, -0.05) is 19.2 Å². The van der Waals surface area contributed by atoms with Crippen molar-refractivity contribution in [3.63, 3.8) is 0 Å². The first-order valence-corrected chi connectivity index (χ1v) is 13.0. The summed E-state index contributed by atoms with van der Waals surface area (Å²) in [6, 6.07) is -0.295. The van der Waals surface area contributed by atoms with Crippen LogP contribution in [0.25, 0.3) is 5.78 Å². The van der Waals surface area contributed by atoms with Gasteiger partial charge in [-0.3, -0.25) is 5.01 Å². The minimum Gasteiger partial charge on any atom is -0.389 e. The molecule has 10 heteroatoms. The molecule has 3 heterocycles. The zero-order valence-electron chi connectivity index (χ0n) is 22.3. The summed E-state index contributed by atoms with van der Waals surface area (Å²) in [4.78, 5) is 8.93. The molecule has 1 saturated carbocycles. The maximum Gasteiger partial charge on any atom is 0.250 e. The number of rotatable bonds is 8. The van der Waals surface area contributed by atoms with Crippen LogP contribution in [0.3, 0.4) is 0 Å². The number of nitrogens with one attached hydrogen (secondary N) is 2. The van der Waals surface area contributed by atoms with E-state index in [0.717, 1.165) is 17.9 Å². The maximum absolute atomic E-state index is 13.8. The van der Waals surface area contributed by atoms with Crippen LogP contribution in [0.15, 0.2) is 53.8 Å². The fourth-order valence-electron chi connectivity index (χ4n) is 4.77. The molecule has 2 N–H and O–H groups in total. The number of hydrazone groups is 1. The molecule has 4 rings (SSSR count). The van der Waals surface area contributed by atoms with Crippen molar-refractivity contribution in [1.29, 1.82) is 0 Å². The molecular formula is C27H40F2N8. The van der Waals surface area contributed by atoms with Crippen LogP contribution in [-0.2, 0) is 0 Å². The van der Waals surface area contributed by atoms with E-state index in [1.165, 1.54) is 25.0 Å². The Kier molecular flexibility index (Phi) is 9.77. The number of hydrogen-bond donors (Lipinski definition) is 2. The number of fused-ring (bicyclic) bond motifs is 1. The summed E-state index contributed by atoms with van der Waals surface area (Å²) in [5.41, 5.74) is 4.12. The van der Waals surface area contributed by atoms with E-state index in [4.69, 9.17) is 0 Å². The first-order chi connectivity index (χ1) is 17.7. The Balaban J connectivity index is 0.000000468. The number of halogens is 2. The van der Waals surface area contributed by atoms with E-state index < -0.39 is 5.92 Å². The molecule has 1 saturated heterocycles. The van der Waals surface area contributed by atoms with E-state index in [1.54, 1.807) is 15.7 Å². The van der Waals surface area contributed by atoms with Crippen LogP contribution in [-0.4, -0.2) is 50.3 Å². The molecule has 2 fully saturated rings. The molecule has 2 aromatic rings. The van der Waals surface area contributed by atoms with Crippen molar-refractivity contribution in [2.24, 2.45) is 11.0 Å². The quantitative estimate of drug-likeness (QED) is 0.274. The molecule has 1 aliphatic carbocycles. The normalized spacial score (nSPS) is 18.8. The molecule has 2 aromatic heterocycles. The predicted octanol–water partition coefficient (Wildman–Crippen LogP) is 5.52. The molecule has 1 aliphatic heterocycles. The molecule has 8 nitrogen and oxygen atoms in total. The van der Waals surface area contributed by atoms with Crippen molar-refractivity contribution in [3.05, 3.63) is 60.1 Å². The number of allylic oxidation sites excluding steroid dienone is 2. The summed E-state index contributed by atoms with van der Waals surface area (Å²) >= 11 is 0. The van der Waals surface area contributed by atoms with Crippen molar-refractivity contribution in [1.82, 2.24) is 35.2 Å². The number of likely N-dealkylation sites (N-methyl/N-ethyl adjacent to an activating group) is 1. The summed E-state index contributed by atoms with van der Waals surface area (Å²) in [6.07, 6.45) is 9.73. The van der Waals surface area contributed by atoms with Gasteiger partial charge in [0.2, 0.25) is 5.92 Å². The first kappa shape index (κ1) is 28.3. The SMILES string of the molecule is C=C1CCCCN1.C=NN(CC)/C(=C\C)C(=C)NC(c1cn2nc(C)cnc2n1)C1CCC(F)(F)CC1. The molecule has 0 aromatic carbocycles. The van der Waals surface area contributed by atoms with Gasteiger partial charge < -0.3 is 10.6 Å². The van der Waals surface area contributed by atoms with E-state index in [9.17, 15) is 8.78 Å². The van der Waals surface area contributed by atoms with Gasteiger partial charge in [0.1, 0.15) is 0 Å². The van der Waals surface area contributed by atoms with Gasteiger partial charge in [0, 0.05) is 38.3 Å². The standard InChI is InChI=1S/C21H29F2N7.C6H11N/c1-6-18(29(7-2)24-5)15(4)26-19(16-8-10-21(22,23)11-9-16)17-13-30-20(27-17)25-12-14(3)28-30;1-6-4-2-3-5-7-6/h6,12-13,16,19,26H,4-5,7-11H2,1-3H3;7H,1-5H2/b18-6-;. The summed E-state index contributed by atoms with van der Waals surface area (Å²) in [7, 11) is 0. The topological polar surface area (TPSA) is 82.7 Å². The molecule has 1 unspecified atom stereocenters. The third kappa shape index (κ3) is 7.60. The molecule has 0 radical (unpaired) electrons. The van der Waals surface area contributed by atoms with Gasteiger partial charge in [0.25, 0.3) is 5.78 Å². The van der Waals surface area contributed by atoms with E-state index in [1.807, 2.05) is 33.0 Å². The Bertz CT molecular complexity index is 1100. The Morgan fingerprint density at radius 3 is 2.65 bits per heavy atom. The molecule has 1 atom stereocenters. The largest absolute Gasteiger partial charge is 0.389 e. The van der Waals surface area contributed by atoms with Gasteiger partial charge in [-0.25, -0.2) is 23.3 Å². The van der Waals surface area contributed by atoms with E-state index in [0.29, 0.717) is 36.6 Å². The Hall–Kier alpha value is -3.30. The third-order valence-corrected chi connectivity index (χ3v) is 6.81. The number of aromatic nitrogens is 4. The molecule has 2 aliphatic rings. The molecule has 37 heavy (non-hydrogen) atoms. The van der Waals surface area contributed by atoms with Crippen molar-refractivity contribution in [3.8, 4) is 0 Å². The minimum atomic E-state index is -2.60. The van der Waals surface area contributed by atoms with Gasteiger partial charge in [-0.05, 0) is 58.8 Å². The Morgan fingerprint density at radius 2 is 2.11 bits per heavy atom. The number of hydrogen-bond acceptors (Lipinski definition) is 7. The fourth-order valence-corrected chi connectivity index (χ4v) is 4.77. The summed E-state index contributed by atoms with van der Waals surface area (Å²) in [5.74, 6) is -2.14. The highest BCUT2D eigenvalue weighted by Gasteiger charge is 2.39. The number of piperidine rings is 1. The van der Waals surface area contributed by atoms with E-state index >= 15 is 0 Å². The van der Waals surface area contributed by atoms with Crippen LogP contribution in [0.2, 0.25) is 0 Å². The first-order valence-electron chi connectivity index (χ1n) is 13.0. The number of nitrogens with zero attached hydrogens (tertiary/aromatic N) is 6. The van der Waals surface area contributed by atoms with Gasteiger partial charge in [0.05, 0.1) is 41.2 Å². The van der Waals surface area contributed by atoms with Crippen molar-refractivity contribution < 1.29 is 8.78 Å². The number of alkyl halides is 2. The van der Waals surface area contributed by atoms with E-state index in [-0.39, 0.29) is 24.8 Å². The van der Waals surface area contributed by atoms with Crippen LogP contribution in [0.5, 0.6) is 0 Å². The van der Waals surface area contributed by atoms with Crippen LogP contribution < -0.4 is 10.6 Å². The molecule has 0 spiro atoms. The summed E-state index contributed by atoms with van der Waals surface area (Å²) in [5, 5.41) is 16.8. The van der Waals surface area contributed by atoms with E-state index in [2.05, 4.69) is 50.7 Å². The van der Waals surface area contributed by atoms with Gasteiger partial charge >= 0.3 is 0 Å². The van der Waals surface area contributed by atoms with Crippen LogP contribution >= 0.6 is 0 Å². The van der Waals surface area contributed by atoms with Crippen LogP contribution in [0, 0.1) is 12.8 Å². The zero-order valence-corrected chi connectivity index (χ0v) is 22.3. The molecule has 202 valence electrons. The lowest BCUT2D eigenvalue weighted by atomic mass is 9.81. The minimum absolute atomic E-state index is 0.0164. The lowest BCUT2D eigenvalue weighted by Crippen LogP contribution is -2.35. The lowest BCUT2D eigenvalue weighted by molar-refractivity contribution is -0.0495. The fraction of sp³-hybridized carbons (Fsp3) is 0.556. The third-order valence-electron chi connectivity index (χ3n) is 6.81. The second-order valence-electron chi connectivity index (χ2n) is 9.62. The second-order valence-corrected chi connectivity index (χ2v) is 9.62. The number of aryl methyl sites for hydroxylation is 1. The van der Waals surface area contributed by atoms with Crippen molar-refractivity contribution in [2.45, 2.75) is 77.7 Å². The highest BCUT2D eigenvalue weighted by atomic mass is 19.3. The average Bonchev–Trinajstić information content (AvgIpc) is 3.29. The predicted molar refractivity (Wildman–Crippen MR) is 144 cm³/mol. The zero-order chi connectivity index (χ0) is 27.0. The van der Waals surface area contributed by atoms with Crippen LogP contribution in [0.1, 0.15) is 76.2 Å². The Morgan fingerprint density at radius 1 is 1.38 bits per heavy atom. The van der Waals surface area contributed by atoms with Crippen LogP contribution in [0.4, 0.5) is 8.78 Å². The van der Waals surface area contributed by atoms with Gasteiger partial charge in [0.15, 0.2) is 0 Å². The van der Waals surface area contributed by atoms with Gasteiger partial charge in [-0.2, -0.15) is 10.2 Å². The summed E-state index contributed by atoms with van der Waals surface area (Å²) < 4.78 is 29.2. The lowest BCUT2D eigenvalue weighted by Gasteiger charge is -2.35. The van der Waals surface area contributed by atoms with Crippen molar-refractivity contribution in [2.75, 3.05) is 13.1 Å². The van der Waals surface area contributed by atoms with Gasteiger partial charge in [-0.15, -0.1) is 0 Å². The monoisotopic (exact) mass is 514 g/mol. The summed E-state index contributed by atoms with van der Waals surface area (Å²) in [6.45, 7) is 19.1. The average molecular weight is 515 g/mol. The van der Waals surface area contributed by atoms with Crippen molar-refractivity contribution >= 4 is 12.5 Å². The Labute approximate surface area is 218 Å². The smallest absolute Gasteiger partial charge is 0.250 e. The number of imidazole rings is 1.